The van der Waals surface area contributed by atoms with Crippen LogP contribution in [0.1, 0.15) is 50.7 Å². The van der Waals surface area contributed by atoms with E-state index in [0.717, 1.165) is 24.5 Å². The quantitative estimate of drug-likeness (QED) is 0.749. The number of anilines is 2. The van der Waals surface area contributed by atoms with E-state index in [1.807, 2.05) is 18.2 Å². The fourth-order valence-electron chi connectivity index (χ4n) is 3.87. The Balaban J connectivity index is 0.00000261. The molecule has 0 radical (unpaired) electrons. The molecule has 0 amide bonds. The molecule has 2 aromatic rings. The first-order valence-corrected chi connectivity index (χ1v) is 9.50. The molecule has 0 spiro atoms. The Labute approximate surface area is 178 Å². The van der Waals surface area contributed by atoms with Crippen LogP contribution in [0, 0.1) is 0 Å². The number of methoxy groups -OCH3 is 1. The maximum Gasteiger partial charge on any atom is 0.155 e. The van der Waals surface area contributed by atoms with Gasteiger partial charge in [-0.3, -0.25) is 5.73 Å². The minimum absolute atomic E-state index is 0. The molecule has 1 heterocycles. The molecule has 0 aliphatic carbocycles. The van der Waals surface area contributed by atoms with Crippen molar-refractivity contribution in [2.24, 2.45) is 5.73 Å². The van der Waals surface area contributed by atoms with Crippen molar-refractivity contribution < 1.29 is 26.5 Å². The molecule has 0 bridgehead atoms. The molecule has 1 fully saturated rings. The van der Waals surface area contributed by atoms with Gasteiger partial charge in [-0.1, -0.05) is 58.0 Å². The molecule has 1 atom stereocenters. The summed E-state index contributed by atoms with van der Waals surface area (Å²) < 4.78 is 5.56. The molecule has 144 valence electrons. The summed E-state index contributed by atoms with van der Waals surface area (Å²) in [6, 6.07) is 14.8. The maximum atomic E-state index is 6.75. The number of nitrogens with two attached hydrogens (primary N) is 1. The maximum absolute atomic E-state index is 6.75. The van der Waals surface area contributed by atoms with Crippen molar-refractivity contribution in [1.29, 1.82) is 0 Å². The van der Waals surface area contributed by atoms with Gasteiger partial charge in [-0.05, 0) is 35.1 Å². The summed E-state index contributed by atoms with van der Waals surface area (Å²) in [7, 11) is 1.71. The summed E-state index contributed by atoms with van der Waals surface area (Å²) in [4.78, 5) is 4.59. The van der Waals surface area contributed by atoms with E-state index in [4.69, 9.17) is 10.5 Å². The molecule has 27 heavy (non-hydrogen) atoms. The second-order valence-corrected chi connectivity index (χ2v) is 7.57. The van der Waals surface area contributed by atoms with Crippen LogP contribution in [-0.2, 0) is 21.7 Å². The third-order valence-electron chi connectivity index (χ3n) is 5.24. The van der Waals surface area contributed by atoms with Crippen LogP contribution >= 0.6 is 0 Å². The molecule has 5 heteroatoms. The number of hydrogen-bond donors (Lipinski definition) is 1. The van der Waals surface area contributed by atoms with Crippen LogP contribution in [0.5, 0.6) is 5.75 Å². The molecule has 4 nitrogen and oxygen atoms in total. The zero-order valence-corrected chi connectivity index (χ0v) is 18.6. The van der Waals surface area contributed by atoms with E-state index >= 15 is 0 Å². The smallest absolute Gasteiger partial charge is 0.155 e. The van der Waals surface area contributed by atoms with Crippen molar-refractivity contribution in [3.05, 3.63) is 53.6 Å². The molecule has 1 saturated heterocycles. The number of nitrogens with zero attached hydrogens (tertiary/aromatic N) is 2. The van der Waals surface area contributed by atoms with E-state index < -0.39 is 0 Å². The summed E-state index contributed by atoms with van der Waals surface area (Å²) >= 11 is 0. The zero-order chi connectivity index (χ0) is 18.8. The molecular formula is C22H31N3OTi. The Hall–Kier alpha value is -1.49. The topological polar surface area (TPSA) is 41.7 Å². The molecule has 2 aromatic carbocycles. The Morgan fingerprint density at radius 2 is 1.44 bits per heavy atom. The molecular weight excluding hydrogens is 370 g/mol. The summed E-state index contributed by atoms with van der Waals surface area (Å²) in [6.45, 7) is 10.8. The van der Waals surface area contributed by atoms with E-state index in [-0.39, 0.29) is 28.0 Å². The van der Waals surface area contributed by atoms with Gasteiger partial charge in [0.15, 0.2) is 6.29 Å². The van der Waals surface area contributed by atoms with E-state index in [0.29, 0.717) is 11.8 Å². The van der Waals surface area contributed by atoms with Crippen molar-refractivity contribution >= 4 is 11.4 Å². The van der Waals surface area contributed by atoms with Crippen LogP contribution in [-0.4, -0.2) is 26.5 Å². The summed E-state index contributed by atoms with van der Waals surface area (Å²) in [5, 5.41) is 0. The van der Waals surface area contributed by atoms with Gasteiger partial charge in [-0.2, -0.15) is 0 Å². The van der Waals surface area contributed by atoms with Crippen molar-refractivity contribution in [3.63, 3.8) is 0 Å². The number of benzene rings is 2. The minimum Gasteiger partial charge on any atom is -0.495 e. The first-order chi connectivity index (χ1) is 12.5. The van der Waals surface area contributed by atoms with E-state index in [1.54, 1.807) is 7.11 Å². The van der Waals surface area contributed by atoms with Crippen LogP contribution in [0.25, 0.3) is 0 Å². The largest absolute Gasteiger partial charge is 0.495 e. The molecule has 3 rings (SSSR count). The van der Waals surface area contributed by atoms with Gasteiger partial charge in [0.2, 0.25) is 0 Å². The standard InChI is InChI=1S/C22H31N3O.Ti/c1-15(2)17-9-8-10-18(16(3)4)21(17)25-14-13-24(22(25)23)19-11-6-7-12-20(19)26-5;/h6-12,15-16,22H,13-14,23H2,1-5H3;. The van der Waals surface area contributed by atoms with Crippen molar-refractivity contribution in [2.75, 3.05) is 30.0 Å². The van der Waals surface area contributed by atoms with Gasteiger partial charge < -0.3 is 14.5 Å². The van der Waals surface area contributed by atoms with Gasteiger partial charge in [0.25, 0.3) is 0 Å². The van der Waals surface area contributed by atoms with Crippen molar-refractivity contribution in [1.82, 2.24) is 0 Å². The summed E-state index contributed by atoms with van der Waals surface area (Å²) in [5.74, 6) is 1.78. The molecule has 1 aliphatic heterocycles. The first kappa shape index (κ1) is 21.8. The second kappa shape index (κ2) is 9.14. The van der Waals surface area contributed by atoms with Gasteiger partial charge in [-0.15, -0.1) is 0 Å². The third kappa shape index (κ3) is 4.18. The Kier molecular flexibility index (Phi) is 7.38. The Morgan fingerprint density at radius 3 is 2.00 bits per heavy atom. The predicted molar refractivity (Wildman–Crippen MR) is 110 cm³/mol. The summed E-state index contributed by atoms with van der Waals surface area (Å²) in [5.41, 5.74) is 11.8. The third-order valence-corrected chi connectivity index (χ3v) is 5.24. The van der Waals surface area contributed by atoms with Gasteiger partial charge in [0, 0.05) is 40.5 Å². The molecule has 0 aromatic heterocycles. The number of ether oxygens (including phenoxy) is 1. The number of hydrogen-bond acceptors (Lipinski definition) is 4. The van der Waals surface area contributed by atoms with Gasteiger partial charge in [-0.25, -0.2) is 0 Å². The fourth-order valence-corrected chi connectivity index (χ4v) is 3.87. The normalized spacial score (nSPS) is 16.8. The monoisotopic (exact) mass is 401 g/mol. The minimum atomic E-state index is -0.205. The Morgan fingerprint density at radius 1 is 0.889 bits per heavy atom. The first-order valence-electron chi connectivity index (χ1n) is 9.50. The Bertz CT molecular complexity index is 737. The van der Waals surface area contributed by atoms with Crippen LogP contribution in [0.3, 0.4) is 0 Å². The summed E-state index contributed by atoms with van der Waals surface area (Å²) in [6.07, 6.45) is -0.205. The van der Waals surface area contributed by atoms with Gasteiger partial charge in [0.1, 0.15) is 5.75 Å². The fraction of sp³-hybridized carbons (Fsp3) is 0.455. The van der Waals surface area contributed by atoms with Gasteiger partial charge in [0.05, 0.1) is 12.8 Å². The number of para-hydroxylation sites is 3. The van der Waals surface area contributed by atoms with Crippen LogP contribution in [0.4, 0.5) is 11.4 Å². The molecule has 1 unspecified atom stereocenters. The zero-order valence-electron chi connectivity index (χ0n) is 17.1. The molecule has 2 N–H and O–H groups in total. The van der Waals surface area contributed by atoms with Crippen LogP contribution in [0.2, 0.25) is 0 Å². The molecule has 1 aliphatic rings. The predicted octanol–water partition coefficient (Wildman–Crippen LogP) is 4.51. The van der Waals surface area contributed by atoms with E-state index in [1.165, 1.54) is 16.8 Å². The SMILES string of the molecule is COc1ccccc1N1CCN(c2c(C(C)C)cccc2C(C)C)C1N.[Ti]. The average Bonchev–Trinajstić information content (AvgIpc) is 3.01. The average molecular weight is 401 g/mol. The van der Waals surface area contributed by atoms with Crippen LogP contribution < -0.4 is 20.3 Å². The van der Waals surface area contributed by atoms with Crippen molar-refractivity contribution in [3.8, 4) is 5.75 Å². The second-order valence-electron chi connectivity index (χ2n) is 7.57. The van der Waals surface area contributed by atoms with Crippen LogP contribution in [0.15, 0.2) is 42.5 Å². The van der Waals surface area contributed by atoms with Gasteiger partial charge >= 0.3 is 0 Å². The number of rotatable bonds is 5. The van der Waals surface area contributed by atoms with E-state index in [9.17, 15) is 0 Å². The van der Waals surface area contributed by atoms with E-state index in [2.05, 4.69) is 61.8 Å². The molecule has 0 saturated carbocycles. The van der Waals surface area contributed by atoms with Crippen molar-refractivity contribution in [2.45, 2.75) is 45.8 Å².